The van der Waals surface area contributed by atoms with Crippen LogP contribution in [0.1, 0.15) is 40.6 Å². The number of amides is 1. The van der Waals surface area contributed by atoms with Gasteiger partial charge in [0.15, 0.2) is 0 Å². The molecule has 2 heterocycles. The van der Waals surface area contributed by atoms with E-state index in [0.717, 1.165) is 37.3 Å². The number of hydrogen-bond acceptors (Lipinski definition) is 4. The third kappa shape index (κ3) is 3.32. The van der Waals surface area contributed by atoms with Gasteiger partial charge in [0.1, 0.15) is 12.7 Å². The Morgan fingerprint density at radius 3 is 3.29 bits per heavy atom. The second kappa shape index (κ2) is 6.39. The molecule has 6 heteroatoms. The number of aromatic nitrogens is 3. The van der Waals surface area contributed by atoms with E-state index in [4.69, 9.17) is 0 Å². The first-order valence-electron chi connectivity index (χ1n) is 7.44. The summed E-state index contributed by atoms with van der Waals surface area (Å²) < 4.78 is 1.78. The molecule has 0 aromatic carbocycles. The molecular weight excluding hydrogens is 284 g/mol. The van der Waals surface area contributed by atoms with Gasteiger partial charge in [-0.3, -0.25) is 9.48 Å². The van der Waals surface area contributed by atoms with Crippen LogP contribution >= 0.6 is 11.3 Å². The van der Waals surface area contributed by atoms with Crippen molar-refractivity contribution < 1.29 is 4.79 Å². The van der Waals surface area contributed by atoms with Crippen LogP contribution in [0.4, 0.5) is 0 Å². The molecule has 1 aliphatic rings. The van der Waals surface area contributed by atoms with Gasteiger partial charge >= 0.3 is 0 Å². The van der Waals surface area contributed by atoms with E-state index in [0.29, 0.717) is 6.54 Å². The first kappa shape index (κ1) is 14.3. The molecule has 1 aliphatic carbocycles. The second-order valence-corrected chi connectivity index (χ2v) is 6.63. The highest BCUT2D eigenvalue weighted by Gasteiger charge is 2.22. The van der Waals surface area contributed by atoms with E-state index in [-0.39, 0.29) is 5.91 Å². The maximum Gasteiger partial charge on any atom is 0.252 e. The summed E-state index contributed by atoms with van der Waals surface area (Å²) in [5.74, 6) is 0.815. The highest BCUT2D eigenvalue weighted by atomic mass is 32.1. The number of nitrogens with one attached hydrogen (secondary N) is 1. The molecule has 21 heavy (non-hydrogen) atoms. The average molecular weight is 304 g/mol. The van der Waals surface area contributed by atoms with Gasteiger partial charge in [-0.1, -0.05) is 6.92 Å². The van der Waals surface area contributed by atoms with Crippen LogP contribution in [0.2, 0.25) is 0 Å². The predicted molar refractivity (Wildman–Crippen MR) is 82.5 cm³/mol. The monoisotopic (exact) mass is 304 g/mol. The van der Waals surface area contributed by atoms with Crippen molar-refractivity contribution in [1.29, 1.82) is 0 Å². The van der Waals surface area contributed by atoms with Crippen molar-refractivity contribution in [3.05, 3.63) is 34.0 Å². The fourth-order valence-electron chi connectivity index (χ4n) is 2.75. The molecule has 5 nitrogen and oxygen atoms in total. The van der Waals surface area contributed by atoms with Crippen LogP contribution < -0.4 is 5.32 Å². The Kier molecular flexibility index (Phi) is 4.34. The van der Waals surface area contributed by atoms with Crippen molar-refractivity contribution in [2.24, 2.45) is 5.92 Å². The molecule has 2 aromatic heterocycles. The van der Waals surface area contributed by atoms with E-state index in [9.17, 15) is 4.79 Å². The van der Waals surface area contributed by atoms with Crippen LogP contribution in [0, 0.1) is 5.92 Å². The molecule has 3 rings (SSSR count). The van der Waals surface area contributed by atoms with Crippen molar-refractivity contribution in [1.82, 2.24) is 20.1 Å². The molecule has 0 fully saturated rings. The number of rotatable bonds is 5. The highest BCUT2D eigenvalue weighted by Crippen LogP contribution is 2.32. The fraction of sp³-hybridized carbons (Fsp3) is 0.533. The largest absolute Gasteiger partial charge is 0.352 e. The Balaban J connectivity index is 1.52. The summed E-state index contributed by atoms with van der Waals surface area (Å²) in [5.41, 5.74) is 2.18. The van der Waals surface area contributed by atoms with Crippen molar-refractivity contribution in [2.75, 3.05) is 6.54 Å². The number of carbonyl (C=O) groups is 1. The lowest BCUT2D eigenvalue weighted by atomic mass is 9.88. The van der Waals surface area contributed by atoms with Gasteiger partial charge < -0.3 is 5.32 Å². The van der Waals surface area contributed by atoms with Crippen LogP contribution in [0.3, 0.4) is 0 Å². The van der Waals surface area contributed by atoms with Gasteiger partial charge in [0.2, 0.25) is 0 Å². The minimum atomic E-state index is 0.0700. The summed E-state index contributed by atoms with van der Waals surface area (Å²) in [6.07, 6.45) is 7.44. The zero-order valence-electron chi connectivity index (χ0n) is 12.2. The summed E-state index contributed by atoms with van der Waals surface area (Å²) in [5, 5.41) is 9.08. The third-order valence-electron chi connectivity index (χ3n) is 3.96. The molecule has 1 atom stereocenters. The minimum absolute atomic E-state index is 0.0700. The minimum Gasteiger partial charge on any atom is -0.352 e. The average Bonchev–Trinajstić information content (AvgIpc) is 3.12. The molecule has 1 amide bonds. The third-order valence-corrected chi connectivity index (χ3v) is 5.01. The molecule has 2 aromatic rings. The van der Waals surface area contributed by atoms with Gasteiger partial charge in [0, 0.05) is 23.3 Å². The number of hydrogen-bond donors (Lipinski definition) is 1. The fourth-order valence-corrected chi connectivity index (χ4v) is 4.00. The molecule has 0 radical (unpaired) electrons. The number of nitrogens with zero attached hydrogens (tertiary/aromatic N) is 3. The highest BCUT2D eigenvalue weighted by molar-refractivity contribution is 7.10. The van der Waals surface area contributed by atoms with E-state index in [1.165, 1.54) is 23.2 Å². The van der Waals surface area contributed by atoms with E-state index in [1.807, 2.05) is 5.38 Å². The Hall–Kier alpha value is -1.69. The molecule has 0 saturated heterocycles. The maximum absolute atomic E-state index is 12.3. The lowest BCUT2D eigenvalue weighted by Gasteiger charge is -2.18. The first-order valence-corrected chi connectivity index (χ1v) is 8.32. The van der Waals surface area contributed by atoms with Gasteiger partial charge in [-0.2, -0.15) is 5.10 Å². The standard InChI is InChI=1S/C15H20N4OS/c1-11-3-4-12-13(8-21-14(12)7-11)15(20)17-5-2-6-19-10-16-9-18-19/h8-11H,2-7H2,1H3,(H,17,20)/t11-/m1/s1. The lowest BCUT2D eigenvalue weighted by molar-refractivity contribution is 0.0952. The van der Waals surface area contributed by atoms with E-state index < -0.39 is 0 Å². The van der Waals surface area contributed by atoms with Crippen LogP contribution in [0.15, 0.2) is 18.0 Å². The SMILES string of the molecule is C[C@@H]1CCc2c(C(=O)NCCCn3cncn3)csc2C1. The second-order valence-electron chi connectivity index (χ2n) is 5.67. The summed E-state index contributed by atoms with van der Waals surface area (Å²) in [4.78, 5) is 17.6. The zero-order valence-corrected chi connectivity index (χ0v) is 13.0. The quantitative estimate of drug-likeness (QED) is 0.862. The van der Waals surface area contributed by atoms with E-state index in [1.54, 1.807) is 22.3 Å². The normalized spacial score (nSPS) is 17.5. The van der Waals surface area contributed by atoms with Gasteiger partial charge in [-0.25, -0.2) is 4.98 Å². The first-order chi connectivity index (χ1) is 10.2. The molecule has 0 spiro atoms. The molecule has 0 bridgehead atoms. The van der Waals surface area contributed by atoms with Crippen LogP contribution in [-0.2, 0) is 19.4 Å². The summed E-state index contributed by atoms with van der Waals surface area (Å²) >= 11 is 1.74. The van der Waals surface area contributed by atoms with Crippen LogP contribution in [-0.4, -0.2) is 27.2 Å². The van der Waals surface area contributed by atoms with Crippen molar-refractivity contribution in [3.8, 4) is 0 Å². The lowest BCUT2D eigenvalue weighted by Crippen LogP contribution is -2.26. The van der Waals surface area contributed by atoms with Gasteiger partial charge in [-0.05, 0) is 37.2 Å². The topological polar surface area (TPSA) is 59.8 Å². The Morgan fingerprint density at radius 2 is 2.48 bits per heavy atom. The maximum atomic E-state index is 12.3. The zero-order chi connectivity index (χ0) is 14.7. The molecule has 112 valence electrons. The Morgan fingerprint density at radius 1 is 1.57 bits per heavy atom. The number of fused-ring (bicyclic) bond motifs is 1. The summed E-state index contributed by atoms with van der Waals surface area (Å²) in [6, 6.07) is 0. The number of aryl methyl sites for hydroxylation is 1. The van der Waals surface area contributed by atoms with Crippen LogP contribution in [0.5, 0.6) is 0 Å². The van der Waals surface area contributed by atoms with E-state index >= 15 is 0 Å². The molecule has 0 unspecified atom stereocenters. The smallest absolute Gasteiger partial charge is 0.252 e. The summed E-state index contributed by atoms with van der Waals surface area (Å²) in [6.45, 7) is 3.73. The van der Waals surface area contributed by atoms with Crippen molar-refractivity contribution >= 4 is 17.2 Å². The van der Waals surface area contributed by atoms with Crippen LogP contribution in [0.25, 0.3) is 0 Å². The van der Waals surface area contributed by atoms with Gasteiger partial charge in [-0.15, -0.1) is 11.3 Å². The Labute approximate surface area is 128 Å². The molecule has 0 saturated carbocycles. The number of carbonyl (C=O) groups excluding carboxylic acids is 1. The summed E-state index contributed by atoms with van der Waals surface area (Å²) in [7, 11) is 0. The Bertz CT molecular complexity index is 605. The molecular formula is C15H20N4OS. The number of thiophene rings is 1. The van der Waals surface area contributed by atoms with E-state index in [2.05, 4.69) is 22.3 Å². The molecule has 1 N–H and O–H groups in total. The predicted octanol–water partition coefficient (Wildman–Crippen LogP) is 2.28. The van der Waals surface area contributed by atoms with Gasteiger partial charge in [0.05, 0.1) is 5.56 Å². The van der Waals surface area contributed by atoms with Crippen molar-refractivity contribution in [3.63, 3.8) is 0 Å². The van der Waals surface area contributed by atoms with Crippen molar-refractivity contribution in [2.45, 2.75) is 39.2 Å². The molecule has 0 aliphatic heterocycles. The van der Waals surface area contributed by atoms with Gasteiger partial charge in [0.25, 0.3) is 5.91 Å².